The first-order valence-electron chi connectivity index (χ1n) is 4.56. The summed E-state index contributed by atoms with van der Waals surface area (Å²) in [6.45, 7) is 0.890. The molecule has 2 aromatic rings. The molecule has 2 heterocycles. The van der Waals surface area contributed by atoms with Gasteiger partial charge in [0.15, 0.2) is 0 Å². The lowest BCUT2D eigenvalue weighted by molar-refractivity contribution is 0.815. The Morgan fingerprint density at radius 3 is 3.21 bits per heavy atom. The van der Waals surface area contributed by atoms with Crippen LogP contribution in [-0.2, 0) is 0 Å². The van der Waals surface area contributed by atoms with Crippen molar-refractivity contribution in [2.75, 3.05) is 11.6 Å². The van der Waals surface area contributed by atoms with Crippen LogP contribution in [0.5, 0.6) is 0 Å². The maximum Gasteiger partial charge on any atom is 0.0931 e. The molecule has 1 aromatic heterocycles. The van der Waals surface area contributed by atoms with Crippen LogP contribution in [0.3, 0.4) is 0 Å². The molecule has 4 heteroatoms. The molecule has 0 fully saturated rings. The molecule has 0 saturated carbocycles. The second-order valence-corrected chi connectivity index (χ2v) is 3.22. The Morgan fingerprint density at radius 2 is 2.36 bits per heavy atom. The fourth-order valence-corrected chi connectivity index (χ4v) is 1.61. The lowest BCUT2D eigenvalue weighted by atomic mass is 10.3. The number of anilines is 1. The summed E-state index contributed by atoms with van der Waals surface area (Å²) in [4.78, 5) is 7.27. The molecule has 0 saturated heterocycles. The van der Waals surface area contributed by atoms with Gasteiger partial charge in [-0.1, -0.05) is 6.08 Å². The lowest BCUT2D eigenvalue weighted by Crippen LogP contribution is -2.27. The lowest BCUT2D eigenvalue weighted by Gasteiger charge is -2.15. The number of aromatic amines is 1. The van der Waals surface area contributed by atoms with E-state index in [1.165, 1.54) is 0 Å². The Morgan fingerprint density at radius 1 is 1.36 bits per heavy atom. The zero-order valence-corrected chi connectivity index (χ0v) is 7.57. The molecule has 4 nitrogen and oxygen atoms in total. The zero-order valence-electron chi connectivity index (χ0n) is 7.57. The third-order valence-corrected chi connectivity index (χ3v) is 2.32. The van der Waals surface area contributed by atoms with Crippen molar-refractivity contribution in [2.24, 2.45) is 0 Å². The molecular formula is C10H10N4. The van der Waals surface area contributed by atoms with Crippen LogP contribution in [0.15, 0.2) is 36.8 Å². The Bertz CT molecular complexity index is 486. The van der Waals surface area contributed by atoms with Crippen LogP contribution >= 0.6 is 0 Å². The van der Waals surface area contributed by atoms with Crippen molar-refractivity contribution in [3.8, 4) is 0 Å². The number of hydrogen-bond acceptors (Lipinski definition) is 3. The van der Waals surface area contributed by atoms with E-state index in [0.29, 0.717) is 0 Å². The first-order valence-corrected chi connectivity index (χ1v) is 4.56. The third-order valence-electron chi connectivity index (χ3n) is 2.32. The van der Waals surface area contributed by atoms with E-state index < -0.39 is 0 Å². The molecule has 0 spiro atoms. The van der Waals surface area contributed by atoms with Crippen molar-refractivity contribution in [3.63, 3.8) is 0 Å². The van der Waals surface area contributed by atoms with Crippen LogP contribution in [-0.4, -0.2) is 16.5 Å². The summed E-state index contributed by atoms with van der Waals surface area (Å²) >= 11 is 0. The molecule has 0 amide bonds. The van der Waals surface area contributed by atoms with Gasteiger partial charge in [-0.05, 0) is 18.2 Å². The predicted octanol–water partition coefficient (Wildman–Crippen LogP) is 1.40. The van der Waals surface area contributed by atoms with E-state index in [9.17, 15) is 0 Å². The van der Waals surface area contributed by atoms with Crippen LogP contribution in [0, 0.1) is 0 Å². The Balaban J connectivity index is 2.08. The van der Waals surface area contributed by atoms with Crippen molar-refractivity contribution in [1.29, 1.82) is 0 Å². The number of aromatic nitrogens is 2. The SMILES string of the molecule is C1=CN(c2ccc3nc[nH]c3c2)NC1. The molecule has 14 heavy (non-hydrogen) atoms. The molecule has 1 aliphatic rings. The number of nitrogens with zero attached hydrogens (tertiary/aromatic N) is 2. The van der Waals surface area contributed by atoms with Crippen LogP contribution in [0.1, 0.15) is 0 Å². The van der Waals surface area contributed by atoms with Crippen LogP contribution in [0.2, 0.25) is 0 Å². The highest BCUT2D eigenvalue weighted by Crippen LogP contribution is 2.19. The molecule has 0 unspecified atom stereocenters. The minimum absolute atomic E-state index is 0.890. The molecule has 0 radical (unpaired) electrons. The van der Waals surface area contributed by atoms with Gasteiger partial charge in [-0.15, -0.1) is 0 Å². The highest BCUT2D eigenvalue weighted by molar-refractivity contribution is 5.79. The summed E-state index contributed by atoms with van der Waals surface area (Å²) in [7, 11) is 0. The maximum absolute atomic E-state index is 4.17. The van der Waals surface area contributed by atoms with E-state index >= 15 is 0 Å². The van der Waals surface area contributed by atoms with Crippen molar-refractivity contribution in [2.45, 2.75) is 0 Å². The van der Waals surface area contributed by atoms with Crippen molar-refractivity contribution in [3.05, 3.63) is 36.8 Å². The standard InChI is InChI=1S/C10H10N4/c1-4-13-14(5-1)8-2-3-9-10(6-8)12-7-11-9/h1-3,5-7,13H,4H2,(H,11,12). The van der Waals surface area contributed by atoms with Gasteiger partial charge in [0.25, 0.3) is 0 Å². The van der Waals surface area contributed by atoms with Gasteiger partial charge in [-0.3, -0.25) is 5.01 Å². The van der Waals surface area contributed by atoms with Gasteiger partial charge < -0.3 is 4.98 Å². The summed E-state index contributed by atoms with van der Waals surface area (Å²) in [5.41, 5.74) is 6.40. The van der Waals surface area contributed by atoms with E-state index in [-0.39, 0.29) is 0 Å². The average Bonchev–Trinajstić information content (AvgIpc) is 2.88. The Labute approximate surface area is 81.2 Å². The number of imidazole rings is 1. The van der Waals surface area contributed by atoms with E-state index in [0.717, 1.165) is 23.3 Å². The van der Waals surface area contributed by atoms with Crippen molar-refractivity contribution < 1.29 is 0 Å². The molecule has 3 rings (SSSR count). The number of hydrogen-bond donors (Lipinski definition) is 2. The van der Waals surface area contributed by atoms with Gasteiger partial charge in [0, 0.05) is 12.7 Å². The summed E-state index contributed by atoms with van der Waals surface area (Å²) in [6.07, 6.45) is 5.82. The van der Waals surface area contributed by atoms with Crippen LogP contribution in [0.25, 0.3) is 11.0 Å². The first kappa shape index (κ1) is 7.58. The summed E-state index contributed by atoms with van der Waals surface area (Å²) in [5.74, 6) is 0. The highest BCUT2D eigenvalue weighted by atomic mass is 15.5. The van der Waals surface area contributed by atoms with E-state index in [4.69, 9.17) is 0 Å². The number of hydrazine groups is 1. The second-order valence-electron chi connectivity index (χ2n) is 3.22. The highest BCUT2D eigenvalue weighted by Gasteiger charge is 2.06. The predicted molar refractivity (Wildman–Crippen MR) is 55.7 cm³/mol. The first-order chi connectivity index (χ1) is 6.93. The fraction of sp³-hybridized carbons (Fsp3) is 0.100. The quantitative estimate of drug-likeness (QED) is 0.707. The van der Waals surface area contributed by atoms with E-state index in [2.05, 4.69) is 27.5 Å². The Kier molecular flexibility index (Phi) is 1.54. The van der Waals surface area contributed by atoms with Crippen LogP contribution < -0.4 is 10.4 Å². The largest absolute Gasteiger partial charge is 0.345 e. The fourth-order valence-electron chi connectivity index (χ4n) is 1.61. The maximum atomic E-state index is 4.17. The minimum Gasteiger partial charge on any atom is -0.345 e. The zero-order chi connectivity index (χ0) is 9.38. The third kappa shape index (κ3) is 1.08. The van der Waals surface area contributed by atoms with E-state index in [1.807, 2.05) is 23.3 Å². The van der Waals surface area contributed by atoms with E-state index in [1.54, 1.807) is 6.33 Å². The smallest absolute Gasteiger partial charge is 0.0931 e. The van der Waals surface area contributed by atoms with Gasteiger partial charge in [0.2, 0.25) is 0 Å². The number of benzene rings is 1. The molecule has 1 aliphatic heterocycles. The summed E-state index contributed by atoms with van der Waals surface area (Å²) < 4.78 is 0. The molecule has 0 atom stereocenters. The average molecular weight is 186 g/mol. The molecule has 0 bridgehead atoms. The van der Waals surface area contributed by atoms with Crippen LogP contribution in [0.4, 0.5) is 5.69 Å². The molecule has 70 valence electrons. The van der Waals surface area contributed by atoms with Gasteiger partial charge in [0.05, 0.1) is 23.0 Å². The number of nitrogens with one attached hydrogen (secondary N) is 2. The summed E-state index contributed by atoms with van der Waals surface area (Å²) in [6, 6.07) is 6.13. The molecule has 1 aromatic carbocycles. The van der Waals surface area contributed by atoms with Crippen molar-refractivity contribution in [1.82, 2.24) is 15.4 Å². The van der Waals surface area contributed by atoms with Gasteiger partial charge >= 0.3 is 0 Å². The molecule has 2 N–H and O–H groups in total. The topological polar surface area (TPSA) is 44.0 Å². The molecular weight excluding hydrogens is 176 g/mol. The van der Waals surface area contributed by atoms with Gasteiger partial charge in [0.1, 0.15) is 0 Å². The Hall–Kier alpha value is -1.81. The van der Waals surface area contributed by atoms with Gasteiger partial charge in [-0.2, -0.15) is 0 Å². The number of H-pyrrole nitrogens is 1. The monoisotopic (exact) mass is 186 g/mol. The second kappa shape index (κ2) is 2.85. The normalized spacial score (nSPS) is 15.6. The minimum atomic E-state index is 0.890. The van der Waals surface area contributed by atoms with Gasteiger partial charge in [-0.25, -0.2) is 10.4 Å². The molecule has 0 aliphatic carbocycles. The number of fused-ring (bicyclic) bond motifs is 1. The van der Waals surface area contributed by atoms with Crippen molar-refractivity contribution >= 4 is 16.7 Å². The number of rotatable bonds is 1. The summed E-state index contributed by atoms with van der Waals surface area (Å²) in [5, 5.41) is 2.00.